The van der Waals surface area contributed by atoms with Crippen LogP contribution in [0.2, 0.25) is 0 Å². The zero-order valence-electron chi connectivity index (χ0n) is 15.7. The van der Waals surface area contributed by atoms with E-state index in [1.807, 2.05) is 36.4 Å². The maximum absolute atomic E-state index is 12.0. The number of carbonyl (C=O) groups is 2. The van der Waals surface area contributed by atoms with Crippen LogP contribution in [0.15, 0.2) is 84.0 Å². The first kappa shape index (κ1) is 19.6. The van der Waals surface area contributed by atoms with Crippen LogP contribution in [0.4, 0.5) is 5.69 Å². The first-order valence-corrected chi connectivity index (χ1v) is 8.75. The molecule has 0 bridgehead atoms. The number of hydrogen-bond donors (Lipinski definition) is 2. The van der Waals surface area contributed by atoms with Gasteiger partial charge in [-0.05, 0) is 42.0 Å². The highest BCUT2D eigenvalue weighted by atomic mass is 16.5. The number of hydrazone groups is 1. The third kappa shape index (κ3) is 5.93. The Labute approximate surface area is 168 Å². The molecule has 0 fully saturated rings. The maximum atomic E-state index is 12.0. The van der Waals surface area contributed by atoms with Crippen LogP contribution in [0, 0.1) is 0 Å². The second-order valence-electron chi connectivity index (χ2n) is 5.87. The molecule has 3 aromatic rings. The lowest BCUT2D eigenvalue weighted by Gasteiger charge is -2.06. The van der Waals surface area contributed by atoms with Gasteiger partial charge in [0.15, 0.2) is 0 Å². The number of rotatable bonds is 6. The van der Waals surface area contributed by atoms with Crippen LogP contribution in [-0.2, 0) is 9.59 Å². The summed E-state index contributed by atoms with van der Waals surface area (Å²) >= 11 is 0. The van der Waals surface area contributed by atoms with Crippen LogP contribution < -0.4 is 20.2 Å². The van der Waals surface area contributed by atoms with E-state index in [2.05, 4.69) is 15.8 Å². The molecule has 2 amide bonds. The number of amides is 2. The van der Waals surface area contributed by atoms with E-state index in [0.29, 0.717) is 28.5 Å². The minimum absolute atomic E-state index is 0.444. The van der Waals surface area contributed by atoms with Crippen LogP contribution in [0.3, 0.4) is 0 Å². The third-order valence-electron chi connectivity index (χ3n) is 3.75. The average molecular weight is 389 g/mol. The minimum Gasteiger partial charge on any atom is -0.497 e. The van der Waals surface area contributed by atoms with Gasteiger partial charge in [-0.15, -0.1) is 0 Å². The predicted octanol–water partition coefficient (Wildman–Crippen LogP) is 3.58. The summed E-state index contributed by atoms with van der Waals surface area (Å²) in [5.41, 5.74) is 3.34. The van der Waals surface area contributed by atoms with Gasteiger partial charge in [-0.1, -0.05) is 36.4 Å². The van der Waals surface area contributed by atoms with E-state index in [0.717, 1.165) is 0 Å². The lowest BCUT2D eigenvalue weighted by atomic mass is 10.2. The molecular formula is C22H19N3O4. The summed E-state index contributed by atoms with van der Waals surface area (Å²) in [6.45, 7) is 0. The molecule has 7 heteroatoms. The third-order valence-corrected chi connectivity index (χ3v) is 3.75. The molecule has 7 nitrogen and oxygen atoms in total. The number of nitrogens with zero attached hydrogens (tertiary/aromatic N) is 1. The lowest BCUT2D eigenvalue weighted by Crippen LogP contribution is -2.32. The Kier molecular flexibility index (Phi) is 6.57. The Morgan fingerprint density at radius 1 is 0.828 bits per heavy atom. The summed E-state index contributed by atoms with van der Waals surface area (Å²) < 4.78 is 10.8. The highest BCUT2D eigenvalue weighted by molar-refractivity contribution is 6.39. The fourth-order valence-electron chi connectivity index (χ4n) is 2.39. The molecule has 0 radical (unpaired) electrons. The summed E-state index contributed by atoms with van der Waals surface area (Å²) in [6.07, 6.45) is 1.43. The highest BCUT2D eigenvalue weighted by Gasteiger charge is 2.13. The second kappa shape index (κ2) is 9.70. The molecule has 0 unspecified atom stereocenters. The van der Waals surface area contributed by atoms with Crippen LogP contribution in [-0.4, -0.2) is 25.1 Å². The van der Waals surface area contributed by atoms with Crippen molar-refractivity contribution < 1.29 is 19.1 Å². The van der Waals surface area contributed by atoms with Gasteiger partial charge in [0.1, 0.15) is 17.2 Å². The van der Waals surface area contributed by atoms with Gasteiger partial charge in [-0.25, -0.2) is 5.43 Å². The van der Waals surface area contributed by atoms with Crippen molar-refractivity contribution in [3.8, 4) is 17.2 Å². The molecule has 3 rings (SSSR count). The van der Waals surface area contributed by atoms with Gasteiger partial charge in [0.2, 0.25) is 0 Å². The van der Waals surface area contributed by atoms with Crippen molar-refractivity contribution in [3.63, 3.8) is 0 Å². The molecule has 2 N–H and O–H groups in total. The molecule has 0 aromatic heterocycles. The van der Waals surface area contributed by atoms with Gasteiger partial charge in [-0.2, -0.15) is 5.10 Å². The molecule has 0 aliphatic rings. The molecule has 0 aliphatic carbocycles. The molecule has 29 heavy (non-hydrogen) atoms. The van der Waals surface area contributed by atoms with Crippen molar-refractivity contribution in [2.24, 2.45) is 5.10 Å². The zero-order chi connectivity index (χ0) is 20.5. The van der Waals surface area contributed by atoms with Gasteiger partial charge in [0.25, 0.3) is 0 Å². The van der Waals surface area contributed by atoms with Crippen molar-refractivity contribution >= 4 is 23.7 Å². The topological polar surface area (TPSA) is 89.0 Å². The Bertz CT molecular complexity index is 1020. The van der Waals surface area contributed by atoms with Crippen molar-refractivity contribution in [3.05, 3.63) is 84.4 Å². The Morgan fingerprint density at radius 3 is 2.34 bits per heavy atom. The highest BCUT2D eigenvalue weighted by Crippen LogP contribution is 2.21. The number of hydrogen-bond acceptors (Lipinski definition) is 5. The zero-order valence-corrected chi connectivity index (χ0v) is 15.7. The molecular weight excluding hydrogens is 370 g/mol. The first-order chi connectivity index (χ1) is 14.1. The van der Waals surface area contributed by atoms with Crippen molar-refractivity contribution in [2.45, 2.75) is 0 Å². The van der Waals surface area contributed by atoms with Crippen LogP contribution in [0.5, 0.6) is 17.2 Å². The molecule has 0 heterocycles. The Balaban J connectivity index is 1.55. The van der Waals surface area contributed by atoms with Gasteiger partial charge in [-0.3, -0.25) is 9.59 Å². The standard InChI is InChI=1S/C22H19N3O4/c1-28-19-11-6-8-17(14-19)24-21(26)22(27)25-23-15-16-7-5-12-20(13-16)29-18-9-3-2-4-10-18/h2-15H,1H3,(H,24,26)(H,25,27)/b23-15-. The van der Waals surface area contributed by atoms with E-state index < -0.39 is 11.8 Å². The average Bonchev–Trinajstić information content (AvgIpc) is 2.75. The number of anilines is 1. The summed E-state index contributed by atoms with van der Waals surface area (Å²) in [5, 5.41) is 6.30. The molecule has 0 atom stereocenters. The molecule has 0 saturated carbocycles. The number of ether oxygens (including phenoxy) is 2. The number of carbonyl (C=O) groups excluding carboxylic acids is 2. The molecule has 0 saturated heterocycles. The van der Waals surface area contributed by atoms with E-state index >= 15 is 0 Å². The predicted molar refractivity (Wildman–Crippen MR) is 110 cm³/mol. The van der Waals surface area contributed by atoms with Gasteiger partial charge >= 0.3 is 11.8 Å². The number of nitrogens with one attached hydrogen (secondary N) is 2. The van der Waals surface area contributed by atoms with Crippen LogP contribution in [0.1, 0.15) is 5.56 Å². The maximum Gasteiger partial charge on any atom is 0.329 e. The SMILES string of the molecule is COc1cccc(NC(=O)C(=O)N/N=C\c2cccc(Oc3ccccc3)c2)c1. The minimum atomic E-state index is -0.888. The van der Waals surface area contributed by atoms with Crippen LogP contribution in [0.25, 0.3) is 0 Å². The quantitative estimate of drug-likeness (QED) is 0.383. The number of para-hydroxylation sites is 1. The Hall–Kier alpha value is -4.13. The molecule has 0 aliphatic heterocycles. The largest absolute Gasteiger partial charge is 0.497 e. The molecule has 146 valence electrons. The van der Waals surface area contributed by atoms with E-state index in [-0.39, 0.29) is 0 Å². The van der Waals surface area contributed by atoms with E-state index in [9.17, 15) is 9.59 Å². The van der Waals surface area contributed by atoms with E-state index in [4.69, 9.17) is 9.47 Å². The normalized spacial score (nSPS) is 10.4. The fourth-order valence-corrected chi connectivity index (χ4v) is 2.39. The van der Waals surface area contributed by atoms with Gasteiger partial charge in [0, 0.05) is 11.8 Å². The first-order valence-electron chi connectivity index (χ1n) is 8.75. The number of benzene rings is 3. The summed E-state index contributed by atoms with van der Waals surface area (Å²) in [6, 6.07) is 23.2. The fraction of sp³-hybridized carbons (Fsp3) is 0.0455. The molecule has 3 aromatic carbocycles. The lowest BCUT2D eigenvalue weighted by molar-refractivity contribution is -0.136. The molecule has 0 spiro atoms. The smallest absolute Gasteiger partial charge is 0.329 e. The van der Waals surface area contributed by atoms with Crippen molar-refractivity contribution in [1.29, 1.82) is 0 Å². The summed E-state index contributed by atoms with van der Waals surface area (Å²) in [5.74, 6) is 0.183. The second-order valence-corrected chi connectivity index (χ2v) is 5.87. The Morgan fingerprint density at radius 2 is 1.55 bits per heavy atom. The van der Waals surface area contributed by atoms with Gasteiger partial charge in [0.05, 0.1) is 13.3 Å². The van der Waals surface area contributed by atoms with Crippen molar-refractivity contribution in [2.75, 3.05) is 12.4 Å². The van der Waals surface area contributed by atoms with E-state index in [1.54, 1.807) is 42.5 Å². The van der Waals surface area contributed by atoms with Crippen LogP contribution >= 0.6 is 0 Å². The summed E-state index contributed by atoms with van der Waals surface area (Å²) in [7, 11) is 1.52. The summed E-state index contributed by atoms with van der Waals surface area (Å²) in [4.78, 5) is 23.9. The number of methoxy groups -OCH3 is 1. The van der Waals surface area contributed by atoms with Crippen molar-refractivity contribution in [1.82, 2.24) is 5.43 Å². The van der Waals surface area contributed by atoms with Gasteiger partial charge < -0.3 is 14.8 Å². The van der Waals surface area contributed by atoms with E-state index in [1.165, 1.54) is 13.3 Å². The monoisotopic (exact) mass is 389 g/mol.